The highest BCUT2D eigenvalue weighted by atomic mass is 31.2. The molecule has 1 aliphatic rings. The van der Waals surface area contributed by atoms with Crippen molar-refractivity contribution in [2.75, 3.05) is 86.0 Å². The summed E-state index contributed by atoms with van der Waals surface area (Å²) in [6.07, 6.45) is -0.399. The van der Waals surface area contributed by atoms with Crippen molar-refractivity contribution in [1.29, 1.82) is 0 Å². The first-order valence-electron chi connectivity index (χ1n) is 10.5. The number of carbonyl (C=O) groups is 1. The molecule has 1 saturated heterocycles. The summed E-state index contributed by atoms with van der Waals surface area (Å²) in [7, 11) is -1.34. The second-order valence-corrected chi connectivity index (χ2v) is 10.8. The van der Waals surface area contributed by atoms with Gasteiger partial charge in [0.25, 0.3) is 0 Å². The lowest BCUT2D eigenvalue weighted by Gasteiger charge is -2.41. The van der Waals surface area contributed by atoms with Crippen LogP contribution in [0.4, 0.5) is 4.79 Å². The molecular weight excluding hydrogens is 413 g/mol. The van der Waals surface area contributed by atoms with Crippen molar-refractivity contribution in [2.24, 2.45) is 5.41 Å². The predicted octanol–water partition coefficient (Wildman–Crippen LogP) is 1.89. The van der Waals surface area contributed by atoms with E-state index in [1.807, 2.05) is 32.4 Å². The molecule has 30 heavy (non-hydrogen) atoms. The quantitative estimate of drug-likeness (QED) is 0.331. The van der Waals surface area contributed by atoms with Crippen LogP contribution in [-0.2, 0) is 23.3 Å². The molecule has 1 atom stereocenters. The summed E-state index contributed by atoms with van der Waals surface area (Å²) in [4.78, 5) is 13.9. The predicted molar refractivity (Wildman–Crippen MR) is 115 cm³/mol. The maximum atomic E-state index is 13.6. The molecule has 1 rings (SSSR count). The summed E-state index contributed by atoms with van der Waals surface area (Å²) in [6.45, 7) is 12.3. The molecule has 0 saturated carbocycles. The Morgan fingerprint density at radius 1 is 1.03 bits per heavy atom. The second-order valence-electron chi connectivity index (χ2n) is 8.30. The Bertz CT molecular complexity index is 537. The van der Waals surface area contributed by atoms with Gasteiger partial charge >= 0.3 is 13.8 Å². The van der Waals surface area contributed by atoms with Crippen molar-refractivity contribution >= 4 is 13.8 Å². The van der Waals surface area contributed by atoms with Crippen LogP contribution in [0, 0.1) is 5.41 Å². The minimum absolute atomic E-state index is 0.0161. The second kappa shape index (κ2) is 13.6. The van der Waals surface area contributed by atoms with Crippen LogP contribution in [0.3, 0.4) is 0 Å². The molecule has 0 aliphatic carbocycles. The molecule has 1 N–H and O–H groups in total. The van der Waals surface area contributed by atoms with Gasteiger partial charge in [0.1, 0.15) is 6.61 Å². The van der Waals surface area contributed by atoms with Crippen LogP contribution in [-0.4, -0.2) is 111 Å². The largest absolute Gasteiger partial charge is 0.447 e. The summed E-state index contributed by atoms with van der Waals surface area (Å²) in [5.41, 5.74) is -0.0943. The fourth-order valence-corrected chi connectivity index (χ4v) is 5.04. The molecule has 0 radical (unpaired) electrons. The van der Waals surface area contributed by atoms with Crippen molar-refractivity contribution < 1.29 is 33.2 Å². The summed E-state index contributed by atoms with van der Waals surface area (Å²) in [5, 5.41) is 8.60. The highest BCUT2D eigenvalue weighted by Gasteiger charge is 2.39. The van der Waals surface area contributed by atoms with E-state index in [0.29, 0.717) is 52.5 Å². The van der Waals surface area contributed by atoms with Crippen LogP contribution >= 0.6 is 7.67 Å². The summed E-state index contributed by atoms with van der Waals surface area (Å²) < 4.78 is 38.8. The van der Waals surface area contributed by atoms with E-state index in [2.05, 4.69) is 0 Å². The molecule has 10 nitrogen and oxygen atoms in total. The van der Waals surface area contributed by atoms with Crippen molar-refractivity contribution in [1.82, 2.24) is 14.2 Å². The maximum Gasteiger partial charge on any atom is 0.409 e. The average molecular weight is 454 g/mol. The van der Waals surface area contributed by atoms with Crippen LogP contribution in [0.5, 0.6) is 0 Å². The molecule has 1 unspecified atom stereocenters. The van der Waals surface area contributed by atoms with Gasteiger partial charge in [-0.2, -0.15) is 0 Å². The van der Waals surface area contributed by atoms with Gasteiger partial charge in [-0.25, -0.2) is 14.1 Å². The molecule has 1 fully saturated rings. The standard InChI is InChI=1S/C19H40N3O7P/c1-6-20(5)30(25,29-17-19(2,3)4)22-9-7-21(8-10-22)18(24)28-16-15-27-14-13-26-12-11-23/h23H,6-17H2,1-5H3. The number of carbonyl (C=O) groups excluding carboxylic acids is 1. The first-order valence-corrected chi connectivity index (χ1v) is 12.1. The molecule has 1 amide bonds. The SMILES string of the molecule is CCN(C)P(=O)(OCC(C)(C)C)N1CCN(C(=O)OCCOCCOCCO)CC1. The smallest absolute Gasteiger partial charge is 0.409 e. The number of aliphatic hydroxyl groups is 1. The molecular formula is C19H40N3O7P. The average Bonchev–Trinajstić information content (AvgIpc) is 2.72. The molecule has 0 aromatic heterocycles. The Balaban J connectivity index is 2.40. The lowest BCUT2D eigenvalue weighted by molar-refractivity contribution is 0.0126. The van der Waals surface area contributed by atoms with Crippen LogP contribution < -0.4 is 0 Å². The van der Waals surface area contributed by atoms with E-state index in [9.17, 15) is 9.36 Å². The highest BCUT2D eigenvalue weighted by Crippen LogP contribution is 2.54. The van der Waals surface area contributed by atoms with Crippen LogP contribution in [0.25, 0.3) is 0 Å². The zero-order chi connectivity index (χ0) is 22.6. The van der Waals surface area contributed by atoms with Crippen molar-refractivity contribution in [3.05, 3.63) is 0 Å². The molecule has 0 spiro atoms. The summed E-state index contributed by atoms with van der Waals surface area (Å²) in [6, 6.07) is 0. The lowest BCUT2D eigenvalue weighted by Crippen LogP contribution is -2.49. The third kappa shape index (κ3) is 9.60. The first kappa shape index (κ1) is 27.3. The number of hydrogen-bond donors (Lipinski definition) is 1. The van der Waals surface area contributed by atoms with Crippen LogP contribution in [0.2, 0.25) is 0 Å². The van der Waals surface area contributed by atoms with E-state index >= 15 is 0 Å². The van der Waals surface area contributed by atoms with Gasteiger partial charge in [0.15, 0.2) is 0 Å². The third-order valence-electron chi connectivity index (χ3n) is 4.49. The zero-order valence-electron chi connectivity index (χ0n) is 19.2. The summed E-state index contributed by atoms with van der Waals surface area (Å²) >= 11 is 0. The van der Waals surface area contributed by atoms with E-state index in [1.165, 1.54) is 0 Å². The third-order valence-corrected chi connectivity index (χ3v) is 7.21. The molecule has 0 aromatic carbocycles. The normalized spacial score (nSPS) is 17.9. The minimum atomic E-state index is -3.14. The van der Waals surface area contributed by atoms with Gasteiger partial charge in [0.2, 0.25) is 0 Å². The Morgan fingerprint density at radius 2 is 1.60 bits per heavy atom. The Morgan fingerprint density at radius 3 is 2.13 bits per heavy atom. The fourth-order valence-electron chi connectivity index (χ4n) is 2.65. The number of nitrogens with zero attached hydrogens (tertiary/aromatic N) is 3. The van der Waals surface area contributed by atoms with E-state index in [4.69, 9.17) is 23.8 Å². The van der Waals surface area contributed by atoms with Crippen LogP contribution in [0.15, 0.2) is 0 Å². The number of rotatable bonds is 13. The van der Waals surface area contributed by atoms with Crippen molar-refractivity contribution in [3.8, 4) is 0 Å². The van der Waals surface area contributed by atoms with Gasteiger partial charge in [-0.05, 0) is 12.5 Å². The van der Waals surface area contributed by atoms with Gasteiger partial charge < -0.3 is 28.7 Å². The lowest BCUT2D eigenvalue weighted by atomic mass is 9.99. The van der Waals surface area contributed by atoms with Crippen molar-refractivity contribution in [3.63, 3.8) is 0 Å². The number of hydrogen-bond acceptors (Lipinski definition) is 7. The topological polar surface area (TPSA) is 101 Å². The molecule has 11 heteroatoms. The van der Waals surface area contributed by atoms with E-state index in [1.54, 1.807) is 16.6 Å². The Hall–Kier alpha value is -0.740. The molecule has 0 bridgehead atoms. The van der Waals surface area contributed by atoms with Gasteiger partial charge in [0, 0.05) is 32.7 Å². The Labute approximate surface area is 180 Å². The van der Waals surface area contributed by atoms with Gasteiger partial charge in [-0.3, -0.25) is 4.57 Å². The van der Waals surface area contributed by atoms with Gasteiger partial charge in [0.05, 0.1) is 39.6 Å². The highest BCUT2D eigenvalue weighted by molar-refractivity contribution is 7.53. The number of aliphatic hydroxyl groups excluding tert-OH is 1. The molecule has 1 aliphatic heterocycles. The zero-order valence-corrected chi connectivity index (χ0v) is 20.1. The Kier molecular flexibility index (Phi) is 12.4. The summed E-state index contributed by atoms with van der Waals surface area (Å²) in [5.74, 6) is 0. The van der Waals surface area contributed by atoms with E-state index in [-0.39, 0.29) is 31.8 Å². The number of ether oxygens (including phenoxy) is 3. The van der Waals surface area contributed by atoms with Gasteiger partial charge in [-0.15, -0.1) is 0 Å². The minimum Gasteiger partial charge on any atom is -0.447 e. The molecule has 178 valence electrons. The van der Waals surface area contributed by atoms with E-state index < -0.39 is 13.8 Å². The maximum absolute atomic E-state index is 13.6. The number of piperazine rings is 1. The number of amides is 1. The van der Waals surface area contributed by atoms with Gasteiger partial charge in [-0.1, -0.05) is 27.7 Å². The first-order chi connectivity index (χ1) is 14.1. The fraction of sp³-hybridized carbons (Fsp3) is 0.947. The monoisotopic (exact) mass is 453 g/mol. The van der Waals surface area contributed by atoms with Crippen molar-refractivity contribution in [2.45, 2.75) is 27.7 Å². The molecule has 1 heterocycles. The van der Waals surface area contributed by atoms with Crippen LogP contribution in [0.1, 0.15) is 27.7 Å². The molecule has 0 aromatic rings. The van der Waals surface area contributed by atoms with E-state index in [0.717, 1.165) is 0 Å².